The van der Waals surface area contributed by atoms with Crippen LogP contribution in [0.5, 0.6) is 0 Å². The van der Waals surface area contributed by atoms with Gasteiger partial charge in [0.2, 0.25) is 5.30 Å². The molecule has 1 atom stereocenters. The molecule has 0 aliphatic rings. The lowest BCUT2D eigenvalue weighted by molar-refractivity contribution is 0.103. The molecule has 0 fully saturated rings. The zero-order chi connectivity index (χ0) is 24.7. The van der Waals surface area contributed by atoms with Crippen molar-refractivity contribution >= 4 is 24.4 Å². The maximum atomic E-state index is 13.6. The molecular weight excluding hydrogens is 427 g/mol. The van der Waals surface area contributed by atoms with E-state index in [1.165, 1.54) is 0 Å². The minimum absolute atomic E-state index is 0.0370. The third-order valence-electron chi connectivity index (χ3n) is 6.34. The minimum atomic E-state index is -2.33. The van der Waals surface area contributed by atoms with Crippen LogP contribution in [0, 0.1) is 34.6 Å². The van der Waals surface area contributed by atoms with Gasteiger partial charge in [0.25, 0.3) is 0 Å². The fraction of sp³-hybridized carbons (Fsp3) is 0.310. The average molecular weight is 460 g/mol. The molecule has 3 aromatic rings. The number of aryl methyl sites for hydroxylation is 3. The molecule has 4 heteroatoms. The second-order valence-corrected chi connectivity index (χ2v) is 11.3. The van der Waals surface area contributed by atoms with Gasteiger partial charge in [0.15, 0.2) is 5.78 Å². The molecule has 0 saturated carbocycles. The molecule has 170 valence electrons. The molecule has 0 spiro atoms. The third-order valence-corrected chi connectivity index (χ3v) is 8.02. The van der Waals surface area contributed by atoms with E-state index in [-0.39, 0.29) is 16.7 Å². The maximum Gasteiger partial charge on any atom is 0.459 e. The largest absolute Gasteiger partial charge is 0.459 e. The molecule has 33 heavy (non-hydrogen) atoms. The maximum absolute atomic E-state index is 13.6. The Morgan fingerprint density at radius 1 is 0.758 bits per heavy atom. The van der Waals surface area contributed by atoms with Crippen molar-refractivity contribution in [2.75, 3.05) is 0 Å². The molecule has 0 aliphatic heterocycles. The van der Waals surface area contributed by atoms with Crippen molar-refractivity contribution in [3.8, 4) is 0 Å². The van der Waals surface area contributed by atoms with Crippen molar-refractivity contribution in [2.45, 2.75) is 60.8 Å². The highest BCUT2D eigenvalue weighted by Crippen LogP contribution is 2.36. The zero-order valence-electron chi connectivity index (χ0n) is 20.8. The molecule has 0 N–H and O–H groups in total. The Balaban J connectivity index is 2.06. The summed E-state index contributed by atoms with van der Waals surface area (Å²) in [6.07, 6.45) is 0. The highest BCUT2D eigenvalue weighted by Gasteiger charge is 2.39. The zero-order valence-corrected chi connectivity index (χ0v) is 21.7. The first-order valence-electron chi connectivity index (χ1n) is 11.2. The molecule has 0 radical (unpaired) electrons. The fourth-order valence-electron chi connectivity index (χ4n) is 4.30. The lowest BCUT2D eigenvalue weighted by Crippen LogP contribution is -2.18. The number of hydrogen-bond donors (Lipinski definition) is 0. The van der Waals surface area contributed by atoms with E-state index in [0.717, 1.165) is 27.8 Å². The number of hydrogen-bond acceptors (Lipinski definition) is 3. The van der Waals surface area contributed by atoms with Crippen LogP contribution >= 0.6 is 7.80 Å². The van der Waals surface area contributed by atoms with E-state index < -0.39 is 7.80 Å². The molecule has 0 aromatic heterocycles. The minimum Gasteiger partial charge on any atom is -0.289 e. The van der Waals surface area contributed by atoms with E-state index in [4.69, 9.17) is 0 Å². The highest BCUT2D eigenvalue weighted by molar-refractivity contribution is 7.71. The van der Waals surface area contributed by atoms with Crippen LogP contribution in [0.25, 0.3) is 0 Å². The van der Waals surface area contributed by atoms with Crippen molar-refractivity contribution in [1.29, 1.82) is 0 Å². The van der Waals surface area contributed by atoms with Gasteiger partial charge in [-0.2, -0.15) is 0 Å². The SMILES string of the molecule is Cc1cc(C(C)(C)C)cc(C)c1C(=O)[P+](=O)c1c(C)cc(C(=O)c2ccccc2)c(C)c1C. The van der Waals surface area contributed by atoms with Crippen LogP contribution in [-0.4, -0.2) is 11.3 Å². The van der Waals surface area contributed by atoms with Gasteiger partial charge >= 0.3 is 13.3 Å². The van der Waals surface area contributed by atoms with E-state index in [2.05, 4.69) is 20.8 Å². The van der Waals surface area contributed by atoms with Crippen molar-refractivity contribution in [3.05, 3.63) is 98.6 Å². The second kappa shape index (κ2) is 9.15. The van der Waals surface area contributed by atoms with Crippen molar-refractivity contribution in [3.63, 3.8) is 0 Å². The summed E-state index contributed by atoms with van der Waals surface area (Å²) in [5.74, 6) is -0.0724. The quantitative estimate of drug-likeness (QED) is 0.303. The second-order valence-electron chi connectivity index (χ2n) is 9.87. The number of carbonyl (C=O) groups is 2. The summed E-state index contributed by atoms with van der Waals surface area (Å²) >= 11 is 0. The monoisotopic (exact) mass is 459 g/mol. The summed E-state index contributed by atoms with van der Waals surface area (Å²) in [6.45, 7) is 15.8. The van der Waals surface area contributed by atoms with Crippen LogP contribution in [0.2, 0.25) is 0 Å². The van der Waals surface area contributed by atoms with Crippen LogP contribution in [0.4, 0.5) is 0 Å². The summed E-state index contributed by atoms with van der Waals surface area (Å²) in [4.78, 5) is 26.5. The van der Waals surface area contributed by atoms with Crippen LogP contribution in [0.3, 0.4) is 0 Å². The molecule has 3 aromatic carbocycles. The van der Waals surface area contributed by atoms with Gasteiger partial charge in [-0.05, 0) is 68.4 Å². The summed E-state index contributed by atoms with van der Waals surface area (Å²) in [6, 6.07) is 14.9. The van der Waals surface area contributed by atoms with E-state index in [1.54, 1.807) is 18.2 Å². The average Bonchev–Trinajstić information content (AvgIpc) is 2.75. The smallest absolute Gasteiger partial charge is 0.289 e. The first-order chi connectivity index (χ1) is 15.3. The third kappa shape index (κ3) is 4.75. The van der Waals surface area contributed by atoms with Gasteiger partial charge in [0.1, 0.15) is 0 Å². The lowest BCUT2D eigenvalue weighted by atomic mass is 9.84. The Kier molecular flexibility index (Phi) is 6.86. The predicted molar refractivity (Wildman–Crippen MR) is 137 cm³/mol. The Labute approximate surface area is 198 Å². The van der Waals surface area contributed by atoms with Crippen LogP contribution in [0.1, 0.15) is 80.4 Å². The normalized spacial score (nSPS) is 11.9. The van der Waals surface area contributed by atoms with Gasteiger partial charge in [0, 0.05) is 22.3 Å². The lowest BCUT2D eigenvalue weighted by Gasteiger charge is -2.21. The van der Waals surface area contributed by atoms with Gasteiger partial charge in [0.05, 0.1) is 5.56 Å². The summed E-state index contributed by atoms with van der Waals surface area (Å²) < 4.78 is 13.6. The van der Waals surface area contributed by atoms with Crippen molar-refractivity contribution < 1.29 is 14.2 Å². The van der Waals surface area contributed by atoms with E-state index >= 15 is 0 Å². The van der Waals surface area contributed by atoms with E-state index in [1.807, 2.05) is 65.0 Å². The molecule has 3 nitrogen and oxygen atoms in total. The first kappa shape index (κ1) is 24.7. The molecular formula is C29H32O3P+. The van der Waals surface area contributed by atoms with Crippen molar-refractivity contribution in [1.82, 2.24) is 0 Å². The van der Waals surface area contributed by atoms with Gasteiger partial charge in [-0.1, -0.05) is 67.8 Å². The molecule has 0 aliphatic carbocycles. The number of ketones is 1. The predicted octanol–water partition coefficient (Wildman–Crippen LogP) is 7.05. The summed E-state index contributed by atoms with van der Waals surface area (Å²) in [5, 5.41) is 0.538. The van der Waals surface area contributed by atoms with Gasteiger partial charge in [-0.15, -0.1) is 0 Å². The molecule has 0 heterocycles. The fourth-order valence-corrected chi connectivity index (χ4v) is 5.91. The standard InChI is InChI=1S/C29H32O3P/c1-17-14-23(29(6,7)8)15-18(2)25(17)28(31)33(32)27-19(3)16-24(20(4)21(27)5)26(30)22-12-10-9-11-13-22/h9-16H,1-8H3/q+1. The van der Waals surface area contributed by atoms with Crippen LogP contribution < -0.4 is 5.30 Å². The summed E-state index contributed by atoms with van der Waals surface area (Å²) in [7, 11) is -2.33. The van der Waals surface area contributed by atoms with Crippen LogP contribution in [0.15, 0.2) is 48.5 Å². The van der Waals surface area contributed by atoms with Crippen molar-refractivity contribution in [2.24, 2.45) is 0 Å². The van der Waals surface area contributed by atoms with E-state index in [0.29, 0.717) is 27.6 Å². The molecule has 3 rings (SSSR count). The Morgan fingerprint density at radius 3 is 1.82 bits per heavy atom. The first-order valence-corrected chi connectivity index (χ1v) is 12.4. The molecule has 0 saturated heterocycles. The highest BCUT2D eigenvalue weighted by atomic mass is 31.1. The number of carbonyl (C=O) groups excluding carboxylic acids is 2. The molecule has 0 bridgehead atoms. The van der Waals surface area contributed by atoms with Crippen LogP contribution in [-0.2, 0) is 9.98 Å². The van der Waals surface area contributed by atoms with Gasteiger partial charge in [-0.3, -0.25) is 4.79 Å². The topological polar surface area (TPSA) is 51.2 Å². The number of rotatable bonds is 5. The van der Waals surface area contributed by atoms with E-state index in [9.17, 15) is 14.2 Å². The Morgan fingerprint density at radius 2 is 1.30 bits per heavy atom. The number of benzene rings is 3. The Bertz CT molecular complexity index is 1260. The van der Waals surface area contributed by atoms with Gasteiger partial charge in [-0.25, -0.2) is 4.79 Å². The van der Waals surface area contributed by atoms with Gasteiger partial charge < -0.3 is 0 Å². The Hall–Kier alpha value is -2.90. The molecule has 1 unspecified atom stereocenters. The molecule has 0 amide bonds. The summed E-state index contributed by atoms with van der Waals surface area (Å²) in [5.41, 5.74) is 6.37.